The number of aromatic nitrogens is 4. The van der Waals surface area contributed by atoms with E-state index in [1.54, 1.807) is 30.6 Å². The number of hydrogen-bond donors (Lipinski definition) is 1. The molecule has 0 saturated carbocycles. The predicted molar refractivity (Wildman–Crippen MR) is 133 cm³/mol. The zero-order chi connectivity index (χ0) is 26.9. The van der Waals surface area contributed by atoms with Crippen molar-refractivity contribution in [3.8, 4) is 16.9 Å². The first kappa shape index (κ1) is 28.9. The molecule has 1 saturated heterocycles. The van der Waals surface area contributed by atoms with Gasteiger partial charge in [0.1, 0.15) is 11.4 Å². The molecular weight excluding hydrogens is 519 g/mol. The molecule has 0 radical (unpaired) electrons. The first-order valence-electron chi connectivity index (χ1n) is 12.2. The van der Waals surface area contributed by atoms with Gasteiger partial charge in [-0.3, -0.25) is 0 Å². The molecule has 0 atom stereocenters. The summed E-state index contributed by atoms with van der Waals surface area (Å²) < 4.78 is 32.4. The largest absolute Gasteiger partial charge is 1.00 e. The Labute approximate surface area is 245 Å². The molecule has 9 nitrogen and oxygen atoms in total. The topological polar surface area (TPSA) is 116 Å². The third kappa shape index (κ3) is 5.91. The number of carboxylic acids is 1. The fourth-order valence-electron chi connectivity index (χ4n) is 4.83. The third-order valence-electron chi connectivity index (χ3n) is 7.17. The Hall–Kier alpha value is -3.12. The number of alkyl halides is 2. The molecule has 0 spiro atoms. The van der Waals surface area contributed by atoms with Gasteiger partial charge in [-0.25, -0.2) is 15.0 Å². The number of pyridine rings is 1. The summed E-state index contributed by atoms with van der Waals surface area (Å²) in [5.74, 6) is -0.620. The van der Waals surface area contributed by atoms with Gasteiger partial charge in [-0.1, -0.05) is 18.2 Å². The van der Waals surface area contributed by atoms with Crippen LogP contribution in [-0.4, -0.2) is 56.7 Å². The van der Waals surface area contributed by atoms with Crippen molar-refractivity contribution in [2.45, 2.75) is 32.8 Å². The minimum absolute atomic E-state index is 0. The molecule has 5 rings (SSSR count). The van der Waals surface area contributed by atoms with Crippen molar-refractivity contribution < 1.29 is 58.1 Å². The average molecular weight is 546 g/mol. The van der Waals surface area contributed by atoms with Crippen LogP contribution in [0.5, 0.6) is 5.75 Å². The third-order valence-corrected chi connectivity index (χ3v) is 7.17. The summed E-state index contributed by atoms with van der Waals surface area (Å²) in [6, 6.07) is 10.5. The number of aryl methyl sites for hydroxylation is 1. The SMILES string of the molecule is Cc1nc2ccc(-c3cnc(N4CCC(CO)(C(=O)[O-])CC4)nc3)cn2c1Cc1ccccc1OC(F)F.[Na+]. The Morgan fingerprint density at radius 3 is 2.46 bits per heavy atom. The average Bonchev–Trinajstić information content (AvgIpc) is 3.23. The summed E-state index contributed by atoms with van der Waals surface area (Å²) in [5.41, 5.74) is 3.36. The number of benzene rings is 1. The van der Waals surface area contributed by atoms with Gasteiger partial charge in [0.2, 0.25) is 5.95 Å². The van der Waals surface area contributed by atoms with Gasteiger partial charge in [-0.15, -0.1) is 0 Å². The van der Waals surface area contributed by atoms with Gasteiger partial charge in [0.25, 0.3) is 0 Å². The molecule has 0 amide bonds. The molecule has 4 aromatic rings. The van der Waals surface area contributed by atoms with Crippen molar-refractivity contribution in [2.75, 3.05) is 24.6 Å². The summed E-state index contributed by atoms with van der Waals surface area (Å²) in [5, 5.41) is 21.0. The monoisotopic (exact) mass is 545 g/mol. The number of rotatable bonds is 8. The Morgan fingerprint density at radius 1 is 1.13 bits per heavy atom. The van der Waals surface area contributed by atoms with Gasteiger partial charge in [0, 0.05) is 65.9 Å². The normalized spacial score (nSPS) is 14.8. The number of fused-ring (bicyclic) bond motifs is 1. The van der Waals surface area contributed by atoms with Crippen LogP contribution in [0.1, 0.15) is 29.8 Å². The molecule has 1 aromatic carbocycles. The molecule has 1 aliphatic heterocycles. The second-order valence-electron chi connectivity index (χ2n) is 9.44. The van der Waals surface area contributed by atoms with E-state index < -0.39 is 24.6 Å². The second-order valence-corrected chi connectivity index (χ2v) is 9.44. The zero-order valence-electron chi connectivity index (χ0n) is 21.7. The number of aliphatic carboxylic acids is 1. The van der Waals surface area contributed by atoms with Crippen LogP contribution in [0.3, 0.4) is 0 Å². The number of piperidine rings is 1. The first-order chi connectivity index (χ1) is 18.3. The number of carboxylic acid groups (broad SMARTS) is 1. The summed E-state index contributed by atoms with van der Waals surface area (Å²) in [7, 11) is 0. The van der Waals surface area contributed by atoms with E-state index in [0.717, 1.165) is 28.2 Å². The molecular formula is C27H26F2N5NaO4. The van der Waals surface area contributed by atoms with Gasteiger partial charge in [0.05, 0.1) is 18.3 Å². The number of aliphatic hydroxyl groups excluding tert-OH is 1. The van der Waals surface area contributed by atoms with Crippen molar-refractivity contribution in [2.24, 2.45) is 5.41 Å². The van der Waals surface area contributed by atoms with Crippen LogP contribution in [0.2, 0.25) is 0 Å². The molecule has 0 unspecified atom stereocenters. The number of carbonyl (C=O) groups is 1. The predicted octanol–water partition coefficient (Wildman–Crippen LogP) is -0.375. The fourth-order valence-corrected chi connectivity index (χ4v) is 4.83. The number of hydrogen-bond acceptors (Lipinski definition) is 8. The Kier molecular flexibility index (Phi) is 8.85. The van der Waals surface area contributed by atoms with E-state index in [-0.39, 0.29) is 48.1 Å². The molecule has 0 bridgehead atoms. The fraction of sp³-hybridized carbons (Fsp3) is 0.333. The van der Waals surface area contributed by atoms with Gasteiger partial charge in [-0.2, -0.15) is 8.78 Å². The number of para-hydroxylation sites is 1. The first-order valence-corrected chi connectivity index (χ1v) is 12.2. The maximum Gasteiger partial charge on any atom is 1.00 e. The molecule has 39 heavy (non-hydrogen) atoms. The van der Waals surface area contributed by atoms with Gasteiger partial charge in [-0.05, 0) is 38.0 Å². The van der Waals surface area contributed by atoms with E-state index in [1.165, 1.54) is 6.07 Å². The van der Waals surface area contributed by atoms with Crippen molar-refractivity contribution in [3.05, 3.63) is 71.9 Å². The smallest absolute Gasteiger partial charge is 0.549 e. The number of halogens is 2. The Balaban J connectivity index is 0.00000353. The summed E-state index contributed by atoms with van der Waals surface area (Å²) in [6.45, 7) is -0.694. The second kappa shape index (κ2) is 12.0. The van der Waals surface area contributed by atoms with Crippen molar-refractivity contribution >= 4 is 17.6 Å². The minimum atomic E-state index is -2.91. The minimum Gasteiger partial charge on any atom is -0.549 e. The summed E-state index contributed by atoms with van der Waals surface area (Å²) in [4.78, 5) is 26.9. The molecule has 1 N–H and O–H groups in total. The number of aliphatic hydroxyl groups is 1. The number of ether oxygens (including phenoxy) is 1. The van der Waals surface area contributed by atoms with Crippen LogP contribution in [0.25, 0.3) is 16.8 Å². The van der Waals surface area contributed by atoms with Gasteiger partial charge in [0.15, 0.2) is 0 Å². The van der Waals surface area contributed by atoms with E-state index in [1.807, 2.05) is 34.6 Å². The van der Waals surface area contributed by atoms with Gasteiger partial charge >= 0.3 is 36.2 Å². The number of nitrogens with zero attached hydrogens (tertiary/aromatic N) is 5. The number of carbonyl (C=O) groups excluding carboxylic acids is 1. The Morgan fingerprint density at radius 2 is 1.82 bits per heavy atom. The summed E-state index contributed by atoms with van der Waals surface area (Å²) >= 11 is 0. The molecule has 12 heteroatoms. The van der Waals surface area contributed by atoms with E-state index in [2.05, 4.69) is 15.0 Å². The van der Waals surface area contributed by atoms with Crippen LogP contribution in [0, 0.1) is 12.3 Å². The van der Waals surface area contributed by atoms with Crippen LogP contribution >= 0.6 is 0 Å². The number of imidazole rings is 1. The van der Waals surface area contributed by atoms with E-state index >= 15 is 0 Å². The maximum atomic E-state index is 12.9. The van der Waals surface area contributed by atoms with Crippen molar-refractivity contribution in [1.29, 1.82) is 0 Å². The van der Waals surface area contributed by atoms with Crippen molar-refractivity contribution in [1.82, 2.24) is 19.4 Å². The zero-order valence-corrected chi connectivity index (χ0v) is 23.7. The van der Waals surface area contributed by atoms with Crippen LogP contribution < -0.4 is 44.3 Å². The molecule has 198 valence electrons. The molecule has 3 aromatic heterocycles. The van der Waals surface area contributed by atoms with Gasteiger partial charge < -0.3 is 29.0 Å². The van der Waals surface area contributed by atoms with Crippen LogP contribution in [0.4, 0.5) is 14.7 Å². The van der Waals surface area contributed by atoms with Crippen LogP contribution in [0.15, 0.2) is 55.0 Å². The molecule has 0 aliphatic carbocycles. The van der Waals surface area contributed by atoms with Crippen LogP contribution in [-0.2, 0) is 11.2 Å². The maximum absolute atomic E-state index is 12.9. The molecule has 1 fully saturated rings. The summed E-state index contributed by atoms with van der Waals surface area (Å²) in [6.07, 6.45) is 6.17. The van der Waals surface area contributed by atoms with E-state index in [0.29, 0.717) is 31.0 Å². The molecule has 1 aliphatic rings. The quantitative estimate of drug-likeness (QED) is 0.298. The van der Waals surface area contributed by atoms with E-state index in [4.69, 9.17) is 4.74 Å². The van der Waals surface area contributed by atoms with E-state index in [9.17, 15) is 23.8 Å². The standard InChI is InChI=1S/C27H27F2N5O4.Na/c1-17-21(12-18-4-2-3-5-22(18)38-25(28)29)34-15-19(6-7-23(34)32-17)20-13-30-26(31-14-20)33-10-8-27(16-35,9-11-33)24(36)37;/h2-7,13-15,25,35H,8-12,16H2,1H3,(H,36,37);/q;+1/p-1. The Bertz CT molecular complexity index is 1460. The number of anilines is 1. The molecule has 4 heterocycles. The van der Waals surface area contributed by atoms with Crippen molar-refractivity contribution in [3.63, 3.8) is 0 Å².